The molecule has 1 aromatic rings. The predicted molar refractivity (Wildman–Crippen MR) is 84.1 cm³/mol. The van der Waals surface area contributed by atoms with Crippen LogP contribution in [0, 0.1) is 10.1 Å². The molecule has 2 rings (SSSR count). The molecule has 1 aliphatic rings. The van der Waals surface area contributed by atoms with Gasteiger partial charge in [-0.15, -0.1) is 0 Å². The molecule has 0 aliphatic heterocycles. The lowest BCUT2D eigenvalue weighted by molar-refractivity contribution is -0.384. The Labute approximate surface area is 130 Å². The number of nitrogens with one attached hydrogen (secondary N) is 1. The summed E-state index contributed by atoms with van der Waals surface area (Å²) >= 11 is 0. The molecule has 1 amide bonds. The van der Waals surface area contributed by atoms with E-state index in [-0.39, 0.29) is 17.7 Å². The first-order valence-electron chi connectivity index (χ1n) is 7.85. The molecule has 0 heterocycles. The number of nitro groups is 1. The number of anilines is 1. The van der Waals surface area contributed by atoms with Crippen LogP contribution in [0.3, 0.4) is 0 Å². The van der Waals surface area contributed by atoms with Crippen LogP contribution in [-0.2, 0) is 4.79 Å². The molecule has 1 aromatic carbocycles. The number of hydrogen-bond acceptors (Lipinski definition) is 4. The molecule has 6 heteroatoms. The first-order valence-corrected chi connectivity index (χ1v) is 7.85. The molecule has 0 atom stereocenters. The number of nitro benzene ring substituents is 1. The first-order chi connectivity index (χ1) is 10.6. The van der Waals surface area contributed by atoms with E-state index < -0.39 is 4.92 Å². The van der Waals surface area contributed by atoms with Gasteiger partial charge in [-0.25, -0.2) is 0 Å². The zero-order valence-corrected chi connectivity index (χ0v) is 12.8. The van der Waals surface area contributed by atoms with Crippen molar-refractivity contribution in [3.05, 3.63) is 28.3 Å². The number of rotatable bonds is 6. The van der Waals surface area contributed by atoms with Crippen LogP contribution in [0.5, 0.6) is 5.75 Å². The van der Waals surface area contributed by atoms with Crippen molar-refractivity contribution >= 4 is 17.3 Å². The quantitative estimate of drug-likeness (QED) is 0.635. The van der Waals surface area contributed by atoms with E-state index >= 15 is 0 Å². The maximum Gasteiger partial charge on any atom is 0.273 e. The molecule has 6 nitrogen and oxygen atoms in total. The second kappa shape index (κ2) is 7.77. The fourth-order valence-corrected chi connectivity index (χ4v) is 2.63. The van der Waals surface area contributed by atoms with E-state index in [0.717, 1.165) is 32.1 Å². The minimum absolute atomic E-state index is 0.0284. The van der Waals surface area contributed by atoms with Crippen molar-refractivity contribution in [1.29, 1.82) is 0 Å². The standard InChI is InChI=1S/C16H22N2O4/c1-2-6-16(19)17-14-10-9-12(18(20)21)11-15(14)22-13-7-4-3-5-8-13/h9-11,13H,2-8H2,1H3,(H,17,19). The number of ether oxygens (including phenoxy) is 1. The number of amides is 1. The Balaban J connectivity index is 2.18. The lowest BCUT2D eigenvalue weighted by Gasteiger charge is -2.24. The van der Waals surface area contributed by atoms with Gasteiger partial charge in [0.15, 0.2) is 0 Å². The Kier molecular flexibility index (Phi) is 5.75. The second-order valence-corrected chi connectivity index (χ2v) is 5.61. The monoisotopic (exact) mass is 306 g/mol. The fourth-order valence-electron chi connectivity index (χ4n) is 2.63. The van der Waals surface area contributed by atoms with Gasteiger partial charge in [0.25, 0.3) is 5.69 Å². The molecule has 0 spiro atoms. The molecule has 1 saturated carbocycles. The third-order valence-electron chi connectivity index (χ3n) is 3.77. The van der Waals surface area contributed by atoms with E-state index in [1.807, 2.05) is 6.92 Å². The smallest absolute Gasteiger partial charge is 0.273 e. The zero-order chi connectivity index (χ0) is 15.9. The molecule has 0 unspecified atom stereocenters. The van der Waals surface area contributed by atoms with E-state index in [4.69, 9.17) is 4.74 Å². The van der Waals surface area contributed by atoms with E-state index in [1.54, 1.807) is 6.07 Å². The summed E-state index contributed by atoms with van der Waals surface area (Å²) in [5, 5.41) is 13.7. The summed E-state index contributed by atoms with van der Waals surface area (Å²) in [4.78, 5) is 22.3. The topological polar surface area (TPSA) is 81.5 Å². The normalized spacial score (nSPS) is 15.3. The highest BCUT2D eigenvalue weighted by atomic mass is 16.6. The lowest BCUT2D eigenvalue weighted by Crippen LogP contribution is -2.21. The maximum atomic E-state index is 11.8. The van der Waals surface area contributed by atoms with Gasteiger partial charge >= 0.3 is 0 Å². The average Bonchev–Trinajstić information content (AvgIpc) is 2.50. The van der Waals surface area contributed by atoms with Crippen molar-refractivity contribution in [2.45, 2.75) is 58.0 Å². The van der Waals surface area contributed by atoms with Crippen LogP contribution in [0.4, 0.5) is 11.4 Å². The molecular weight excluding hydrogens is 284 g/mol. The summed E-state index contributed by atoms with van der Waals surface area (Å²) < 4.78 is 5.94. The Hall–Kier alpha value is -2.11. The second-order valence-electron chi connectivity index (χ2n) is 5.61. The van der Waals surface area contributed by atoms with Crippen molar-refractivity contribution in [1.82, 2.24) is 0 Å². The van der Waals surface area contributed by atoms with Gasteiger partial charge in [0, 0.05) is 12.5 Å². The predicted octanol–water partition coefficient (Wildman–Crippen LogP) is 4.04. The maximum absolute atomic E-state index is 11.8. The molecule has 22 heavy (non-hydrogen) atoms. The molecule has 0 bridgehead atoms. The van der Waals surface area contributed by atoms with Crippen LogP contribution >= 0.6 is 0 Å². The number of carbonyl (C=O) groups is 1. The molecule has 0 aromatic heterocycles. The number of non-ortho nitro benzene ring substituents is 1. The van der Waals surface area contributed by atoms with Crippen molar-refractivity contribution in [2.75, 3.05) is 5.32 Å². The highest BCUT2D eigenvalue weighted by Gasteiger charge is 2.19. The molecular formula is C16H22N2O4. The Morgan fingerprint density at radius 3 is 2.73 bits per heavy atom. The molecule has 1 aliphatic carbocycles. The lowest BCUT2D eigenvalue weighted by atomic mass is 9.98. The SMILES string of the molecule is CCCC(=O)Nc1ccc([N+](=O)[O-])cc1OC1CCCCC1. The number of carbonyl (C=O) groups excluding carboxylic acids is 1. The fraction of sp³-hybridized carbons (Fsp3) is 0.562. The third kappa shape index (κ3) is 4.44. The van der Waals surface area contributed by atoms with Crippen LogP contribution in [0.1, 0.15) is 51.9 Å². The minimum atomic E-state index is -0.453. The number of hydrogen-bond donors (Lipinski definition) is 1. The van der Waals surface area contributed by atoms with Gasteiger partial charge in [-0.1, -0.05) is 13.3 Å². The highest BCUT2D eigenvalue weighted by molar-refractivity contribution is 5.92. The van der Waals surface area contributed by atoms with E-state index in [1.165, 1.54) is 18.6 Å². The summed E-state index contributed by atoms with van der Waals surface area (Å²) in [6.07, 6.45) is 6.55. The first kappa shape index (κ1) is 16.3. The molecule has 0 saturated heterocycles. The number of benzene rings is 1. The van der Waals surface area contributed by atoms with Crippen molar-refractivity contribution in [3.63, 3.8) is 0 Å². The van der Waals surface area contributed by atoms with Crippen molar-refractivity contribution < 1.29 is 14.5 Å². The van der Waals surface area contributed by atoms with Gasteiger partial charge in [0.05, 0.1) is 22.8 Å². The number of nitrogens with zero attached hydrogens (tertiary/aromatic N) is 1. The summed E-state index contributed by atoms with van der Waals surface area (Å²) in [7, 11) is 0. The van der Waals surface area contributed by atoms with Crippen molar-refractivity contribution in [2.24, 2.45) is 0 Å². The average molecular weight is 306 g/mol. The van der Waals surface area contributed by atoms with Gasteiger partial charge in [0.2, 0.25) is 5.91 Å². The summed E-state index contributed by atoms with van der Waals surface area (Å²) in [5.41, 5.74) is 0.480. The third-order valence-corrected chi connectivity index (χ3v) is 3.77. The van der Waals surface area contributed by atoms with Gasteiger partial charge in [-0.3, -0.25) is 14.9 Å². The van der Waals surface area contributed by atoms with E-state index in [2.05, 4.69) is 5.32 Å². The van der Waals surface area contributed by atoms with Crippen LogP contribution in [0.15, 0.2) is 18.2 Å². The van der Waals surface area contributed by atoms with Crippen LogP contribution in [0.25, 0.3) is 0 Å². The summed E-state index contributed by atoms with van der Waals surface area (Å²) in [5.74, 6) is 0.287. The Morgan fingerprint density at radius 2 is 2.09 bits per heavy atom. The Morgan fingerprint density at radius 1 is 1.36 bits per heavy atom. The summed E-state index contributed by atoms with van der Waals surface area (Å²) in [6, 6.07) is 4.33. The molecule has 120 valence electrons. The van der Waals surface area contributed by atoms with Crippen molar-refractivity contribution in [3.8, 4) is 5.75 Å². The van der Waals surface area contributed by atoms with Gasteiger partial charge < -0.3 is 10.1 Å². The largest absolute Gasteiger partial charge is 0.488 e. The van der Waals surface area contributed by atoms with Gasteiger partial charge in [-0.2, -0.15) is 0 Å². The van der Waals surface area contributed by atoms with E-state index in [0.29, 0.717) is 17.9 Å². The molecule has 1 N–H and O–H groups in total. The van der Waals surface area contributed by atoms with Gasteiger partial charge in [0.1, 0.15) is 5.75 Å². The van der Waals surface area contributed by atoms with E-state index in [9.17, 15) is 14.9 Å². The minimum Gasteiger partial charge on any atom is -0.488 e. The van der Waals surface area contributed by atoms with Crippen LogP contribution in [-0.4, -0.2) is 16.9 Å². The van der Waals surface area contributed by atoms with Gasteiger partial charge in [-0.05, 0) is 38.2 Å². The zero-order valence-electron chi connectivity index (χ0n) is 12.8. The molecule has 1 fully saturated rings. The van der Waals surface area contributed by atoms with Crippen LogP contribution in [0.2, 0.25) is 0 Å². The summed E-state index contributed by atoms with van der Waals surface area (Å²) in [6.45, 7) is 1.93. The Bertz CT molecular complexity index is 539. The van der Waals surface area contributed by atoms with Crippen LogP contribution < -0.4 is 10.1 Å². The molecule has 0 radical (unpaired) electrons. The highest BCUT2D eigenvalue weighted by Crippen LogP contribution is 2.32.